The molecule has 0 aliphatic carbocycles. The average Bonchev–Trinajstić information content (AvgIpc) is 2.84. The van der Waals surface area contributed by atoms with E-state index in [0.717, 1.165) is 11.3 Å². The number of aryl methyl sites for hydroxylation is 1. The van der Waals surface area contributed by atoms with Gasteiger partial charge in [-0.05, 0) is 23.8 Å². The molecule has 0 bridgehead atoms. The van der Waals surface area contributed by atoms with Gasteiger partial charge in [-0.25, -0.2) is 9.18 Å². The van der Waals surface area contributed by atoms with Crippen LogP contribution in [0.5, 0.6) is 0 Å². The number of aromatic nitrogens is 2. The first-order valence-corrected chi connectivity index (χ1v) is 6.16. The summed E-state index contributed by atoms with van der Waals surface area (Å²) in [5.74, 6) is -1.25. The molecule has 0 saturated carbocycles. The number of carbonyl (C=O) groups is 1. The van der Waals surface area contributed by atoms with Crippen molar-refractivity contribution in [3.05, 3.63) is 53.1 Å². The fourth-order valence-electron chi connectivity index (χ4n) is 1.84. The standard InChI is InChI=1S/C14H16FN3O2/c1-18-6-5-11(17-18)9-16-8-10-3-4-12(13(15)7-10)14(19)20-2/h3-7,16H,8-9H2,1-2H3. The van der Waals surface area contributed by atoms with Gasteiger partial charge in [-0.3, -0.25) is 4.68 Å². The fourth-order valence-corrected chi connectivity index (χ4v) is 1.84. The van der Waals surface area contributed by atoms with Crippen LogP contribution in [-0.4, -0.2) is 22.9 Å². The number of carbonyl (C=O) groups excluding carboxylic acids is 1. The first-order valence-electron chi connectivity index (χ1n) is 6.16. The molecular weight excluding hydrogens is 261 g/mol. The van der Waals surface area contributed by atoms with Gasteiger partial charge in [0.1, 0.15) is 5.82 Å². The average molecular weight is 277 g/mol. The predicted molar refractivity (Wildman–Crippen MR) is 71.5 cm³/mol. The van der Waals surface area contributed by atoms with Crippen LogP contribution >= 0.6 is 0 Å². The van der Waals surface area contributed by atoms with Gasteiger partial charge in [0.15, 0.2) is 0 Å². The van der Waals surface area contributed by atoms with Gasteiger partial charge in [0.2, 0.25) is 0 Å². The van der Waals surface area contributed by atoms with Crippen LogP contribution in [0, 0.1) is 5.82 Å². The molecule has 0 fully saturated rings. The van der Waals surface area contributed by atoms with E-state index in [0.29, 0.717) is 13.1 Å². The number of rotatable bonds is 5. The van der Waals surface area contributed by atoms with Gasteiger partial charge < -0.3 is 10.1 Å². The number of benzene rings is 1. The van der Waals surface area contributed by atoms with E-state index in [-0.39, 0.29) is 5.56 Å². The lowest BCUT2D eigenvalue weighted by molar-refractivity contribution is 0.0595. The third-order valence-electron chi connectivity index (χ3n) is 2.84. The Kier molecular flexibility index (Phi) is 4.47. The third kappa shape index (κ3) is 3.42. The van der Waals surface area contributed by atoms with E-state index in [1.165, 1.54) is 19.2 Å². The van der Waals surface area contributed by atoms with Crippen molar-refractivity contribution >= 4 is 5.97 Å². The zero-order valence-corrected chi connectivity index (χ0v) is 11.4. The van der Waals surface area contributed by atoms with E-state index in [1.54, 1.807) is 10.7 Å². The van der Waals surface area contributed by atoms with E-state index < -0.39 is 11.8 Å². The molecule has 5 nitrogen and oxygen atoms in total. The van der Waals surface area contributed by atoms with Crippen molar-refractivity contribution in [2.24, 2.45) is 7.05 Å². The minimum absolute atomic E-state index is 0.0547. The van der Waals surface area contributed by atoms with Crippen LogP contribution in [0.4, 0.5) is 4.39 Å². The molecule has 0 aliphatic rings. The van der Waals surface area contributed by atoms with Gasteiger partial charge in [-0.2, -0.15) is 5.10 Å². The number of ether oxygens (including phenoxy) is 1. The van der Waals surface area contributed by atoms with Crippen molar-refractivity contribution in [2.45, 2.75) is 13.1 Å². The van der Waals surface area contributed by atoms with E-state index in [1.807, 2.05) is 19.3 Å². The number of nitrogens with zero attached hydrogens (tertiary/aromatic N) is 2. The highest BCUT2D eigenvalue weighted by Gasteiger charge is 2.12. The number of hydrogen-bond donors (Lipinski definition) is 1. The summed E-state index contributed by atoms with van der Waals surface area (Å²) < 4.78 is 19.9. The molecule has 106 valence electrons. The maximum atomic E-state index is 13.7. The van der Waals surface area contributed by atoms with Crippen LogP contribution in [0.1, 0.15) is 21.6 Å². The van der Waals surface area contributed by atoms with Crippen LogP contribution in [0.2, 0.25) is 0 Å². The van der Waals surface area contributed by atoms with Gasteiger partial charge in [0, 0.05) is 26.3 Å². The number of nitrogens with one attached hydrogen (secondary N) is 1. The lowest BCUT2D eigenvalue weighted by Crippen LogP contribution is -2.14. The molecule has 2 rings (SSSR count). The smallest absolute Gasteiger partial charge is 0.340 e. The summed E-state index contributed by atoms with van der Waals surface area (Å²) in [6, 6.07) is 6.37. The molecule has 1 aromatic heterocycles. The van der Waals surface area contributed by atoms with Gasteiger partial charge in [0.05, 0.1) is 18.4 Å². The van der Waals surface area contributed by atoms with Crippen LogP contribution < -0.4 is 5.32 Å². The topological polar surface area (TPSA) is 56.1 Å². The third-order valence-corrected chi connectivity index (χ3v) is 2.84. The normalized spacial score (nSPS) is 10.6. The largest absolute Gasteiger partial charge is 0.465 e. The molecule has 0 spiro atoms. The Morgan fingerprint density at radius 2 is 2.20 bits per heavy atom. The van der Waals surface area contributed by atoms with E-state index >= 15 is 0 Å². The van der Waals surface area contributed by atoms with E-state index in [2.05, 4.69) is 15.2 Å². The molecule has 2 aromatic rings. The fraction of sp³-hybridized carbons (Fsp3) is 0.286. The van der Waals surface area contributed by atoms with Crippen molar-refractivity contribution in [2.75, 3.05) is 7.11 Å². The summed E-state index contributed by atoms with van der Waals surface area (Å²) in [4.78, 5) is 11.3. The lowest BCUT2D eigenvalue weighted by atomic mass is 10.1. The summed E-state index contributed by atoms with van der Waals surface area (Å²) >= 11 is 0. The highest BCUT2D eigenvalue weighted by atomic mass is 19.1. The Morgan fingerprint density at radius 1 is 1.40 bits per heavy atom. The first-order chi connectivity index (χ1) is 9.60. The van der Waals surface area contributed by atoms with Crippen LogP contribution in [-0.2, 0) is 24.9 Å². The minimum Gasteiger partial charge on any atom is -0.465 e. The first kappa shape index (κ1) is 14.2. The molecule has 0 amide bonds. The van der Waals surface area contributed by atoms with E-state index in [9.17, 15) is 9.18 Å². The minimum atomic E-state index is -0.671. The maximum Gasteiger partial charge on any atom is 0.340 e. The monoisotopic (exact) mass is 277 g/mol. The molecule has 0 radical (unpaired) electrons. The number of halogens is 1. The zero-order valence-electron chi connectivity index (χ0n) is 11.4. The molecular formula is C14H16FN3O2. The summed E-state index contributed by atoms with van der Waals surface area (Å²) in [6.07, 6.45) is 1.86. The SMILES string of the molecule is COC(=O)c1ccc(CNCc2ccn(C)n2)cc1F. The maximum absolute atomic E-state index is 13.7. The molecule has 1 N–H and O–H groups in total. The van der Waals surface area contributed by atoms with Crippen LogP contribution in [0.25, 0.3) is 0 Å². The van der Waals surface area contributed by atoms with Crippen molar-refractivity contribution in [3.63, 3.8) is 0 Å². The molecule has 0 saturated heterocycles. The Bertz CT molecular complexity index is 610. The van der Waals surface area contributed by atoms with Crippen molar-refractivity contribution < 1.29 is 13.9 Å². The summed E-state index contributed by atoms with van der Waals surface area (Å²) in [5, 5.41) is 7.39. The van der Waals surface area contributed by atoms with Crippen molar-refractivity contribution in [1.29, 1.82) is 0 Å². The van der Waals surface area contributed by atoms with Gasteiger partial charge in [0.25, 0.3) is 0 Å². The predicted octanol–water partition coefficient (Wildman–Crippen LogP) is 1.64. The molecule has 1 aromatic carbocycles. The van der Waals surface area contributed by atoms with Gasteiger partial charge in [-0.15, -0.1) is 0 Å². The number of esters is 1. The molecule has 6 heteroatoms. The summed E-state index contributed by atoms with van der Waals surface area (Å²) in [6.45, 7) is 1.09. The quantitative estimate of drug-likeness (QED) is 0.844. The summed E-state index contributed by atoms with van der Waals surface area (Å²) in [5.41, 5.74) is 1.62. The second-order valence-corrected chi connectivity index (χ2v) is 4.39. The molecule has 0 unspecified atom stereocenters. The Morgan fingerprint density at radius 3 is 2.80 bits per heavy atom. The second kappa shape index (κ2) is 6.29. The molecule has 1 heterocycles. The molecule has 0 aliphatic heterocycles. The van der Waals surface area contributed by atoms with Crippen molar-refractivity contribution in [1.82, 2.24) is 15.1 Å². The number of hydrogen-bond acceptors (Lipinski definition) is 4. The highest BCUT2D eigenvalue weighted by molar-refractivity contribution is 5.89. The molecule has 0 atom stereocenters. The summed E-state index contributed by atoms with van der Waals surface area (Å²) in [7, 11) is 3.08. The van der Waals surface area contributed by atoms with Gasteiger partial charge >= 0.3 is 5.97 Å². The highest BCUT2D eigenvalue weighted by Crippen LogP contribution is 2.11. The molecule has 20 heavy (non-hydrogen) atoms. The van der Waals surface area contributed by atoms with Crippen LogP contribution in [0.15, 0.2) is 30.5 Å². The Hall–Kier alpha value is -2.21. The zero-order chi connectivity index (χ0) is 14.5. The Balaban J connectivity index is 1.93. The van der Waals surface area contributed by atoms with Crippen LogP contribution in [0.3, 0.4) is 0 Å². The number of methoxy groups -OCH3 is 1. The lowest BCUT2D eigenvalue weighted by Gasteiger charge is -2.06. The Labute approximate surface area is 116 Å². The second-order valence-electron chi connectivity index (χ2n) is 4.39. The van der Waals surface area contributed by atoms with Crippen molar-refractivity contribution in [3.8, 4) is 0 Å². The van der Waals surface area contributed by atoms with Gasteiger partial charge in [-0.1, -0.05) is 6.07 Å². The van der Waals surface area contributed by atoms with E-state index in [4.69, 9.17) is 0 Å².